The second-order valence-corrected chi connectivity index (χ2v) is 5.16. The maximum Gasteiger partial charge on any atom is 0.134 e. The van der Waals surface area contributed by atoms with E-state index in [1.54, 1.807) is 0 Å². The molecule has 1 aromatic heterocycles. The zero-order valence-electron chi connectivity index (χ0n) is 10.7. The van der Waals surface area contributed by atoms with E-state index in [-0.39, 0.29) is 0 Å². The molecule has 3 nitrogen and oxygen atoms in total. The first-order valence-electron chi connectivity index (χ1n) is 6.08. The van der Waals surface area contributed by atoms with Crippen molar-refractivity contribution in [3.63, 3.8) is 0 Å². The van der Waals surface area contributed by atoms with Crippen LogP contribution in [0.4, 0.5) is 0 Å². The predicted molar refractivity (Wildman–Crippen MR) is 75.7 cm³/mol. The molecule has 0 fully saturated rings. The van der Waals surface area contributed by atoms with E-state index in [2.05, 4.69) is 45.4 Å². The molecule has 0 spiro atoms. The minimum absolute atomic E-state index is 0.543. The van der Waals surface area contributed by atoms with Crippen molar-refractivity contribution in [2.45, 2.75) is 33.4 Å². The number of nitrogens with zero attached hydrogens (tertiary/aromatic N) is 2. The van der Waals surface area contributed by atoms with Gasteiger partial charge in [-0.1, -0.05) is 13.0 Å². The Morgan fingerprint density at radius 3 is 2.94 bits per heavy atom. The summed E-state index contributed by atoms with van der Waals surface area (Å²) < 4.78 is 8.93. The van der Waals surface area contributed by atoms with Gasteiger partial charge in [0, 0.05) is 6.54 Å². The molecule has 0 bridgehead atoms. The van der Waals surface area contributed by atoms with Gasteiger partial charge in [0.2, 0.25) is 0 Å². The lowest BCUT2D eigenvalue weighted by molar-refractivity contribution is 0.292. The quantitative estimate of drug-likeness (QED) is 0.836. The Morgan fingerprint density at radius 1 is 1.39 bits per heavy atom. The van der Waals surface area contributed by atoms with Crippen LogP contribution < -0.4 is 4.74 Å². The first-order valence-corrected chi connectivity index (χ1v) is 6.88. The molecule has 18 heavy (non-hydrogen) atoms. The van der Waals surface area contributed by atoms with Gasteiger partial charge in [-0.25, -0.2) is 4.98 Å². The third-order valence-corrected chi connectivity index (χ3v) is 3.35. The van der Waals surface area contributed by atoms with Crippen molar-refractivity contribution in [2.75, 3.05) is 0 Å². The SMILES string of the molecule is CCCn1cncc1COc1ccc(C)cc1Br. The average molecular weight is 309 g/mol. The number of benzene rings is 1. The maximum absolute atomic E-state index is 5.82. The van der Waals surface area contributed by atoms with Gasteiger partial charge in [-0.2, -0.15) is 0 Å². The highest BCUT2D eigenvalue weighted by Crippen LogP contribution is 2.26. The van der Waals surface area contributed by atoms with Crippen LogP contribution in [0, 0.1) is 6.92 Å². The molecule has 0 saturated heterocycles. The first kappa shape index (κ1) is 13.1. The van der Waals surface area contributed by atoms with E-state index in [1.165, 1.54) is 5.56 Å². The second kappa shape index (κ2) is 6.05. The number of hydrogen-bond acceptors (Lipinski definition) is 2. The fraction of sp³-hybridized carbons (Fsp3) is 0.357. The summed E-state index contributed by atoms with van der Waals surface area (Å²) in [4.78, 5) is 4.16. The molecule has 0 aliphatic heterocycles. The van der Waals surface area contributed by atoms with Crippen LogP contribution in [0.5, 0.6) is 5.75 Å². The lowest BCUT2D eigenvalue weighted by Crippen LogP contribution is -2.05. The van der Waals surface area contributed by atoms with Gasteiger partial charge in [0.25, 0.3) is 0 Å². The molecule has 1 aromatic carbocycles. The molecule has 2 aromatic rings. The van der Waals surface area contributed by atoms with Crippen molar-refractivity contribution >= 4 is 15.9 Å². The monoisotopic (exact) mass is 308 g/mol. The molecule has 0 amide bonds. The first-order chi connectivity index (χ1) is 8.70. The predicted octanol–water partition coefficient (Wildman–Crippen LogP) is 3.94. The second-order valence-electron chi connectivity index (χ2n) is 4.30. The average Bonchev–Trinajstić information content (AvgIpc) is 2.76. The van der Waals surface area contributed by atoms with Crippen LogP contribution in [-0.2, 0) is 13.2 Å². The van der Waals surface area contributed by atoms with E-state index < -0.39 is 0 Å². The summed E-state index contributed by atoms with van der Waals surface area (Å²) in [7, 11) is 0. The van der Waals surface area contributed by atoms with Gasteiger partial charge in [0.1, 0.15) is 12.4 Å². The van der Waals surface area contributed by atoms with Gasteiger partial charge in [-0.3, -0.25) is 0 Å². The molecule has 0 radical (unpaired) electrons. The number of halogens is 1. The Balaban J connectivity index is 2.04. The van der Waals surface area contributed by atoms with Crippen LogP contribution in [0.15, 0.2) is 35.2 Å². The number of aryl methyl sites for hydroxylation is 2. The van der Waals surface area contributed by atoms with E-state index in [9.17, 15) is 0 Å². The molecule has 0 atom stereocenters. The Bertz CT molecular complexity index is 522. The standard InChI is InChI=1S/C14H17BrN2O/c1-3-6-17-10-16-8-12(17)9-18-14-5-4-11(2)7-13(14)15/h4-5,7-8,10H,3,6,9H2,1-2H3. The lowest BCUT2D eigenvalue weighted by Gasteiger charge is -2.10. The number of ether oxygens (including phenoxy) is 1. The Kier molecular flexibility index (Phi) is 4.42. The maximum atomic E-state index is 5.82. The highest BCUT2D eigenvalue weighted by atomic mass is 79.9. The summed E-state index contributed by atoms with van der Waals surface area (Å²) in [5, 5.41) is 0. The lowest BCUT2D eigenvalue weighted by atomic mass is 10.2. The van der Waals surface area contributed by atoms with Crippen molar-refractivity contribution in [2.24, 2.45) is 0 Å². The van der Waals surface area contributed by atoms with Crippen molar-refractivity contribution < 1.29 is 4.74 Å². The molecule has 4 heteroatoms. The Labute approximate surface area is 116 Å². The van der Waals surface area contributed by atoms with Gasteiger partial charge in [-0.05, 0) is 47.0 Å². The normalized spacial score (nSPS) is 10.6. The third kappa shape index (κ3) is 3.13. The summed E-state index contributed by atoms with van der Waals surface area (Å²) in [6, 6.07) is 6.09. The summed E-state index contributed by atoms with van der Waals surface area (Å²) in [5.41, 5.74) is 2.31. The fourth-order valence-electron chi connectivity index (χ4n) is 1.79. The smallest absolute Gasteiger partial charge is 0.134 e. The zero-order valence-corrected chi connectivity index (χ0v) is 12.3. The molecule has 0 N–H and O–H groups in total. The van der Waals surface area contributed by atoms with E-state index in [0.29, 0.717) is 6.61 Å². The molecular formula is C14H17BrN2O. The van der Waals surface area contributed by atoms with E-state index >= 15 is 0 Å². The van der Waals surface area contributed by atoms with E-state index in [0.717, 1.165) is 28.9 Å². The van der Waals surface area contributed by atoms with Crippen LogP contribution in [0.2, 0.25) is 0 Å². The molecule has 1 heterocycles. The van der Waals surface area contributed by atoms with Crippen molar-refractivity contribution in [3.05, 3.63) is 46.5 Å². The molecule has 0 unspecified atom stereocenters. The van der Waals surface area contributed by atoms with Gasteiger partial charge >= 0.3 is 0 Å². The number of hydrogen-bond donors (Lipinski definition) is 0. The summed E-state index contributed by atoms with van der Waals surface area (Å²) in [5.74, 6) is 0.866. The largest absolute Gasteiger partial charge is 0.486 e. The van der Waals surface area contributed by atoms with Crippen LogP contribution in [0.1, 0.15) is 24.6 Å². The minimum Gasteiger partial charge on any atom is -0.486 e. The molecular weight excluding hydrogens is 292 g/mol. The van der Waals surface area contributed by atoms with E-state index in [4.69, 9.17) is 4.74 Å². The summed E-state index contributed by atoms with van der Waals surface area (Å²) in [6.45, 7) is 5.74. The van der Waals surface area contributed by atoms with Crippen molar-refractivity contribution in [3.8, 4) is 5.75 Å². The number of aromatic nitrogens is 2. The molecule has 96 valence electrons. The van der Waals surface area contributed by atoms with Crippen LogP contribution in [-0.4, -0.2) is 9.55 Å². The van der Waals surface area contributed by atoms with Crippen molar-refractivity contribution in [1.82, 2.24) is 9.55 Å². The fourth-order valence-corrected chi connectivity index (χ4v) is 2.39. The van der Waals surface area contributed by atoms with Gasteiger partial charge < -0.3 is 9.30 Å². The molecule has 0 saturated carbocycles. The van der Waals surface area contributed by atoms with Crippen molar-refractivity contribution in [1.29, 1.82) is 0 Å². The third-order valence-electron chi connectivity index (χ3n) is 2.73. The van der Waals surface area contributed by atoms with Gasteiger partial charge in [0.05, 0.1) is 22.7 Å². The number of imidazole rings is 1. The van der Waals surface area contributed by atoms with Crippen LogP contribution >= 0.6 is 15.9 Å². The zero-order chi connectivity index (χ0) is 13.0. The molecule has 0 aliphatic carbocycles. The Morgan fingerprint density at radius 2 is 2.22 bits per heavy atom. The topological polar surface area (TPSA) is 27.1 Å². The van der Waals surface area contributed by atoms with E-state index in [1.807, 2.05) is 24.7 Å². The highest BCUT2D eigenvalue weighted by Gasteiger charge is 2.05. The van der Waals surface area contributed by atoms with Gasteiger partial charge in [0.15, 0.2) is 0 Å². The van der Waals surface area contributed by atoms with Crippen LogP contribution in [0.3, 0.4) is 0 Å². The van der Waals surface area contributed by atoms with Gasteiger partial charge in [-0.15, -0.1) is 0 Å². The molecule has 2 rings (SSSR count). The highest BCUT2D eigenvalue weighted by molar-refractivity contribution is 9.10. The Hall–Kier alpha value is -1.29. The summed E-state index contributed by atoms with van der Waals surface area (Å²) >= 11 is 3.51. The minimum atomic E-state index is 0.543. The summed E-state index contributed by atoms with van der Waals surface area (Å²) in [6.07, 6.45) is 4.81. The van der Waals surface area contributed by atoms with Crippen LogP contribution in [0.25, 0.3) is 0 Å². The molecule has 0 aliphatic rings. The number of rotatable bonds is 5.